The van der Waals surface area contributed by atoms with E-state index in [-0.39, 0.29) is 29.5 Å². The van der Waals surface area contributed by atoms with Gasteiger partial charge in [-0.3, -0.25) is 14.4 Å². The molecule has 0 saturated carbocycles. The highest BCUT2D eigenvalue weighted by atomic mass is 16.2. The lowest BCUT2D eigenvalue weighted by molar-refractivity contribution is -0.123. The first-order valence-electron chi connectivity index (χ1n) is 9.18. The van der Waals surface area contributed by atoms with Crippen molar-refractivity contribution in [3.8, 4) is 0 Å². The van der Waals surface area contributed by atoms with Crippen molar-refractivity contribution in [1.82, 2.24) is 19.8 Å². The Hall–Kier alpha value is -2.70. The molecular weight excluding hydrogens is 344 g/mol. The molecule has 146 valence electrons. The number of nitrogens with zero attached hydrogens (tertiary/aromatic N) is 3. The van der Waals surface area contributed by atoms with E-state index in [1.165, 1.54) is 4.90 Å². The van der Waals surface area contributed by atoms with Crippen molar-refractivity contribution in [2.75, 3.05) is 13.1 Å². The molecule has 27 heavy (non-hydrogen) atoms. The summed E-state index contributed by atoms with van der Waals surface area (Å²) in [4.78, 5) is 43.1. The number of hydrogen-bond acceptors (Lipinski definition) is 4. The zero-order chi connectivity index (χ0) is 20.4. The Bertz CT molecular complexity index is 925. The highest BCUT2D eigenvalue weighted by molar-refractivity contribution is 5.99. The second-order valence-corrected chi connectivity index (χ2v) is 7.57. The first-order valence-corrected chi connectivity index (χ1v) is 9.18. The Balaban J connectivity index is 2.34. The van der Waals surface area contributed by atoms with Gasteiger partial charge in [-0.2, -0.15) is 0 Å². The number of carbonyl (C=O) groups excluding carboxylic acids is 2. The number of amides is 2. The SMILES string of the molecule is CCN(CC(=O)NC(C)(C)C)C(=O)c1ccc2c(c1)nc(C)c(=O)n2CC. The first kappa shape index (κ1) is 20.6. The van der Waals surface area contributed by atoms with Crippen molar-refractivity contribution in [1.29, 1.82) is 0 Å². The van der Waals surface area contributed by atoms with Gasteiger partial charge in [0, 0.05) is 24.2 Å². The molecule has 0 aliphatic rings. The average molecular weight is 372 g/mol. The molecule has 0 aliphatic carbocycles. The lowest BCUT2D eigenvalue weighted by atomic mass is 10.1. The second kappa shape index (κ2) is 7.90. The van der Waals surface area contributed by atoms with Crippen LogP contribution in [0.25, 0.3) is 11.0 Å². The van der Waals surface area contributed by atoms with Gasteiger partial charge in [0.15, 0.2) is 0 Å². The molecule has 0 atom stereocenters. The van der Waals surface area contributed by atoms with Crippen molar-refractivity contribution < 1.29 is 9.59 Å². The Morgan fingerprint density at radius 3 is 2.44 bits per heavy atom. The molecule has 1 heterocycles. The minimum Gasteiger partial charge on any atom is -0.350 e. The number of aryl methyl sites for hydroxylation is 2. The molecule has 1 N–H and O–H groups in total. The zero-order valence-corrected chi connectivity index (χ0v) is 16.9. The summed E-state index contributed by atoms with van der Waals surface area (Å²) in [6, 6.07) is 5.10. The number of hydrogen-bond donors (Lipinski definition) is 1. The molecular formula is C20H28N4O3. The third-order valence-corrected chi connectivity index (χ3v) is 4.19. The first-order chi connectivity index (χ1) is 12.6. The summed E-state index contributed by atoms with van der Waals surface area (Å²) in [5, 5.41) is 2.87. The highest BCUT2D eigenvalue weighted by Crippen LogP contribution is 2.15. The molecule has 1 aromatic carbocycles. The van der Waals surface area contributed by atoms with Gasteiger partial charge in [-0.15, -0.1) is 0 Å². The van der Waals surface area contributed by atoms with Crippen LogP contribution < -0.4 is 10.9 Å². The number of carbonyl (C=O) groups is 2. The molecule has 0 unspecified atom stereocenters. The van der Waals surface area contributed by atoms with Gasteiger partial charge < -0.3 is 14.8 Å². The van der Waals surface area contributed by atoms with Gasteiger partial charge in [0.25, 0.3) is 11.5 Å². The molecule has 2 rings (SSSR count). The summed E-state index contributed by atoms with van der Waals surface area (Å²) in [7, 11) is 0. The van der Waals surface area contributed by atoms with Crippen LogP contribution in [0, 0.1) is 6.92 Å². The predicted molar refractivity (Wildman–Crippen MR) is 106 cm³/mol. The number of nitrogens with one attached hydrogen (secondary N) is 1. The van der Waals surface area contributed by atoms with Crippen LogP contribution in [0.4, 0.5) is 0 Å². The monoisotopic (exact) mass is 372 g/mol. The second-order valence-electron chi connectivity index (χ2n) is 7.57. The van der Waals surface area contributed by atoms with Gasteiger partial charge in [0.2, 0.25) is 5.91 Å². The van der Waals surface area contributed by atoms with Gasteiger partial charge in [-0.1, -0.05) is 0 Å². The van der Waals surface area contributed by atoms with Crippen LogP contribution in [0.3, 0.4) is 0 Å². The molecule has 0 saturated heterocycles. The van der Waals surface area contributed by atoms with Gasteiger partial charge in [-0.25, -0.2) is 4.98 Å². The number of fused-ring (bicyclic) bond motifs is 1. The number of likely N-dealkylation sites (N-methyl/N-ethyl adjacent to an activating group) is 1. The summed E-state index contributed by atoms with van der Waals surface area (Å²) >= 11 is 0. The summed E-state index contributed by atoms with van der Waals surface area (Å²) in [5.41, 5.74) is 1.64. The van der Waals surface area contributed by atoms with E-state index in [0.29, 0.717) is 35.4 Å². The van der Waals surface area contributed by atoms with Crippen LogP contribution in [0.1, 0.15) is 50.7 Å². The fourth-order valence-electron chi connectivity index (χ4n) is 2.96. The Kier molecular flexibility index (Phi) is 6.03. The van der Waals surface area contributed by atoms with Crippen molar-refractivity contribution in [3.05, 3.63) is 39.8 Å². The molecule has 1 aromatic heterocycles. The standard InChI is InChI=1S/C20H28N4O3/c1-7-23(12-17(25)22-20(4,5)6)19(27)14-9-10-16-15(11-14)21-13(3)18(26)24(16)8-2/h9-11H,7-8,12H2,1-6H3,(H,22,25). The predicted octanol–water partition coefficient (Wildman–Crippen LogP) is 2.10. The van der Waals surface area contributed by atoms with Crippen molar-refractivity contribution in [2.24, 2.45) is 0 Å². The van der Waals surface area contributed by atoms with E-state index in [4.69, 9.17) is 0 Å². The number of rotatable bonds is 5. The molecule has 0 spiro atoms. The van der Waals surface area contributed by atoms with E-state index in [9.17, 15) is 14.4 Å². The van der Waals surface area contributed by atoms with Crippen LogP contribution in [0.5, 0.6) is 0 Å². The van der Waals surface area contributed by atoms with Crippen LogP contribution >= 0.6 is 0 Å². The lowest BCUT2D eigenvalue weighted by Crippen LogP contribution is -2.47. The Morgan fingerprint density at radius 2 is 1.89 bits per heavy atom. The van der Waals surface area contributed by atoms with Crippen LogP contribution in [-0.4, -0.2) is 44.9 Å². The van der Waals surface area contributed by atoms with E-state index in [0.717, 1.165) is 0 Å². The van der Waals surface area contributed by atoms with Crippen LogP contribution in [0.2, 0.25) is 0 Å². The Labute approximate surface area is 159 Å². The molecule has 2 amide bonds. The quantitative estimate of drug-likeness (QED) is 0.871. The maximum atomic E-state index is 12.9. The lowest BCUT2D eigenvalue weighted by Gasteiger charge is -2.25. The minimum atomic E-state index is -0.353. The fraction of sp³-hybridized carbons (Fsp3) is 0.500. The molecule has 0 bridgehead atoms. The summed E-state index contributed by atoms with van der Waals surface area (Å²) in [6.07, 6.45) is 0. The van der Waals surface area contributed by atoms with E-state index in [1.54, 1.807) is 29.7 Å². The van der Waals surface area contributed by atoms with Crippen LogP contribution in [0.15, 0.2) is 23.0 Å². The third kappa shape index (κ3) is 4.72. The van der Waals surface area contributed by atoms with E-state index in [1.807, 2.05) is 34.6 Å². The van der Waals surface area contributed by atoms with Gasteiger partial charge in [0.1, 0.15) is 5.69 Å². The highest BCUT2D eigenvalue weighted by Gasteiger charge is 2.21. The normalized spacial score (nSPS) is 11.5. The van der Waals surface area contributed by atoms with E-state index in [2.05, 4.69) is 10.3 Å². The molecule has 0 radical (unpaired) electrons. The molecule has 2 aromatic rings. The summed E-state index contributed by atoms with van der Waals surface area (Å²) < 4.78 is 1.64. The minimum absolute atomic E-state index is 0.00838. The smallest absolute Gasteiger partial charge is 0.272 e. The maximum absolute atomic E-state index is 12.9. The third-order valence-electron chi connectivity index (χ3n) is 4.19. The number of aromatic nitrogens is 2. The number of benzene rings is 1. The fourth-order valence-corrected chi connectivity index (χ4v) is 2.96. The summed E-state index contributed by atoms with van der Waals surface area (Å²) in [6.45, 7) is 12.0. The molecule has 7 heteroatoms. The van der Waals surface area contributed by atoms with E-state index >= 15 is 0 Å². The zero-order valence-electron chi connectivity index (χ0n) is 16.9. The van der Waals surface area contributed by atoms with E-state index < -0.39 is 0 Å². The van der Waals surface area contributed by atoms with Gasteiger partial charge in [-0.05, 0) is 59.7 Å². The average Bonchev–Trinajstić information content (AvgIpc) is 2.58. The molecule has 0 aliphatic heterocycles. The maximum Gasteiger partial charge on any atom is 0.272 e. The molecule has 0 fully saturated rings. The van der Waals surface area contributed by atoms with Crippen LogP contribution in [-0.2, 0) is 11.3 Å². The summed E-state index contributed by atoms with van der Waals surface area (Å²) in [5.74, 6) is -0.440. The van der Waals surface area contributed by atoms with Crippen molar-refractivity contribution in [2.45, 2.75) is 53.6 Å². The van der Waals surface area contributed by atoms with Gasteiger partial charge in [0.05, 0.1) is 17.6 Å². The Morgan fingerprint density at radius 1 is 1.22 bits per heavy atom. The van der Waals surface area contributed by atoms with Gasteiger partial charge >= 0.3 is 0 Å². The largest absolute Gasteiger partial charge is 0.350 e. The molecule has 7 nitrogen and oxygen atoms in total. The topological polar surface area (TPSA) is 84.3 Å². The van der Waals surface area contributed by atoms with Crippen molar-refractivity contribution >= 4 is 22.8 Å². The van der Waals surface area contributed by atoms with Crippen molar-refractivity contribution in [3.63, 3.8) is 0 Å².